The van der Waals surface area contributed by atoms with Gasteiger partial charge in [0.25, 0.3) is 5.91 Å². The summed E-state index contributed by atoms with van der Waals surface area (Å²) in [7, 11) is 1.66. The smallest absolute Gasteiger partial charge is 0.255 e. The van der Waals surface area contributed by atoms with Crippen LogP contribution in [-0.2, 0) is 0 Å². The zero-order valence-corrected chi connectivity index (χ0v) is 13.6. The van der Waals surface area contributed by atoms with Crippen LogP contribution in [0.4, 0.5) is 5.69 Å². The summed E-state index contributed by atoms with van der Waals surface area (Å²) in [6.45, 7) is 2.00. The van der Waals surface area contributed by atoms with Crippen molar-refractivity contribution in [1.82, 2.24) is 5.32 Å². The minimum atomic E-state index is -0.258. The van der Waals surface area contributed by atoms with E-state index in [0.29, 0.717) is 5.56 Å². The average molecular weight is 314 g/mol. The molecule has 0 bridgehead atoms. The maximum atomic E-state index is 12.3. The molecule has 2 aromatic carbocycles. The topological polar surface area (TPSA) is 50.4 Å². The Morgan fingerprint density at radius 2 is 2.00 bits per heavy atom. The molecule has 2 N–H and O–H groups in total. The van der Waals surface area contributed by atoms with Crippen LogP contribution in [0.25, 0.3) is 0 Å². The fourth-order valence-corrected chi connectivity index (χ4v) is 3.18. The number of hydrogen-bond donors (Lipinski definition) is 2. The summed E-state index contributed by atoms with van der Waals surface area (Å²) in [6.07, 6.45) is 1.75. The SMILES string of the molecule is COc1cc([C@@H]2NC(=O)c3cccc(C)c3N2)ccc1SC. The molecule has 5 heteroatoms. The van der Waals surface area contributed by atoms with Gasteiger partial charge in [0.1, 0.15) is 11.9 Å². The van der Waals surface area contributed by atoms with E-state index in [0.717, 1.165) is 27.5 Å². The van der Waals surface area contributed by atoms with Crippen molar-refractivity contribution in [3.05, 3.63) is 53.1 Å². The molecular weight excluding hydrogens is 296 g/mol. The van der Waals surface area contributed by atoms with Gasteiger partial charge in [0.2, 0.25) is 0 Å². The molecule has 1 amide bonds. The molecule has 0 radical (unpaired) electrons. The van der Waals surface area contributed by atoms with Crippen molar-refractivity contribution in [2.75, 3.05) is 18.7 Å². The van der Waals surface area contributed by atoms with E-state index in [9.17, 15) is 4.79 Å². The average Bonchev–Trinajstić information content (AvgIpc) is 2.55. The van der Waals surface area contributed by atoms with Crippen molar-refractivity contribution in [2.24, 2.45) is 0 Å². The Morgan fingerprint density at radius 3 is 2.73 bits per heavy atom. The van der Waals surface area contributed by atoms with Gasteiger partial charge < -0.3 is 15.4 Å². The van der Waals surface area contributed by atoms with Crippen LogP contribution in [0.15, 0.2) is 41.3 Å². The number of aryl methyl sites for hydroxylation is 1. The molecule has 0 aromatic heterocycles. The normalized spacial score (nSPS) is 16.5. The number of benzene rings is 2. The number of nitrogens with one attached hydrogen (secondary N) is 2. The van der Waals surface area contributed by atoms with Crippen molar-refractivity contribution in [1.29, 1.82) is 0 Å². The van der Waals surface area contributed by atoms with E-state index in [1.165, 1.54) is 0 Å². The molecule has 0 unspecified atom stereocenters. The van der Waals surface area contributed by atoms with E-state index in [4.69, 9.17) is 4.74 Å². The van der Waals surface area contributed by atoms with Gasteiger partial charge in [-0.25, -0.2) is 0 Å². The molecule has 1 heterocycles. The first kappa shape index (κ1) is 14.8. The van der Waals surface area contributed by atoms with E-state index in [-0.39, 0.29) is 12.1 Å². The van der Waals surface area contributed by atoms with Crippen molar-refractivity contribution in [2.45, 2.75) is 18.0 Å². The lowest BCUT2D eigenvalue weighted by atomic mass is 10.0. The van der Waals surface area contributed by atoms with Gasteiger partial charge in [0.05, 0.1) is 18.4 Å². The Balaban J connectivity index is 1.98. The van der Waals surface area contributed by atoms with E-state index in [1.54, 1.807) is 18.9 Å². The zero-order chi connectivity index (χ0) is 15.7. The molecular formula is C17H18N2O2S. The van der Waals surface area contributed by atoms with Gasteiger partial charge in [-0.1, -0.05) is 18.2 Å². The van der Waals surface area contributed by atoms with Crippen molar-refractivity contribution >= 4 is 23.4 Å². The highest BCUT2D eigenvalue weighted by molar-refractivity contribution is 7.98. The Hall–Kier alpha value is -2.14. The number of amides is 1. The first-order chi connectivity index (χ1) is 10.6. The summed E-state index contributed by atoms with van der Waals surface area (Å²) in [6, 6.07) is 11.7. The summed E-state index contributed by atoms with van der Waals surface area (Å²) >= 11 is 1.63. The summed E-state index contributed by atoms with van der Waals surface area (Å²) in [5.41, 5.74) is 3.61. The highest BCUT2D eigenvalue weighted by Crippen LogP contribution is 2.33. The van der Waals surface area contributed by atoms with Crippen molar-refractivity contribution < 1.29 is 9.53 Å². The third-order valence-corrected chi connectivity index (χ3v) is 4.60. The molecule has 1 atom stereocenters. The largest absolute Gasteiger partial charge is 0.496 e. The van der Waals surface area contributed by atoms with Crippen LogP contribution in [0.1, 0.15) is 27.7 Å². The lowest BCUT2D eigenvalue weighted by Gasteiger charge is -2.29. The predicted molar refractivity (Wildman–Crippen MR) is 89.8 cm³/mol. The number of ether oxygens (including phenoxy) is 1. The molecule has 1 aliphatic rings. The van der Waals surface area contributed by atoms with Gasteiger partial charge >= 0.3 is 0 Å². The van der Waals surface area contributed by atoms with E-state index >= 15 is 0 Å². The van der Waals surface area contributed by atoms with Gasteiger partial charge in [0.15, 0.2) is 0 Å². The summed E-state index contributed by atoms with van der Waals surface area (Å²) in [5, 5.41) is 6.40. The number of hydrogen-bond acceptors (Lipinski definition) is 4. The summed E-state index contributed by atoms with van der Waals surface area (Å²) in [4.78, 5) is 13.4. The van der Waals surface area contributed by atoms with Crippen molar-refractivity contribution in [3.8, 4) is 5.75 Å². The van der Waals surface area contributed by atoms with Gasteiger partial charge in [-0.3, -0.25) is 4.79 Å². The molecule has 0 saturated carbocycles. The van der Waals surface area contributed by atoms with Gasteiger partial charge in [-0.2, -0.15) is 0 Å². The molecule has 0 fully saturated rings. The predicted octanol–water partition coefficient (Wildman–Crippen LogP) is 3.58. The van der Waals surface area contributed by atoms with Gasteiger partial charge in [-0.15, -0.1) is 11.8 Å². The number of rotatable bonds is 3. The molecule has 0 saturated heterocycles. The maximum Gasteiger partial charge on any atom is 0.255 e. The summed E-state index contributed by atoms with van der Waals surface area (Å²) < 4.78 is 5.43. The monoisotopic (exact) mass is 314 g/mol. The van der Waals surface area contributed by atoms with Crippen molar-refractivity contribution in [3.63, 3.8) is 0 Å². The number of fused-ring (bicyclic) bond motifs is 1. The van der Waals surface area contributed by atoms with Crippen LogP contribution in [0.3, 0.4) is 0 Å². The van der Waals surface area contributed by atoms with E-state index in [1.807, 2.05) is 49.6 Å². The zero-order valence-electron chi connectivity index (χ0n) is 12.8. The fourth-order valence-electron chi connectivity index (χ4n) is 2.64. The van der Waals surface area contributed by atoms with Gasteiger partial charge in [-0.05, 0) is 42.5 Å². The quantitative estimate of drug-likeness (QED) is 0.850. The molecule has 22 heavy (non-hydrogen) atoms. The standard InChI is InChI=1S/C17H18N2O2S/c1-10-5-4-6-12-15(10)18-16(19-17(12)20)11-7-8-14(22-3)13(9-11)21-2/h4-9,16,18H,1-3H3,(H,19,20)/t16-/m0/s1. The molecule has 0 aliphatic carbocycles. The third-order valence-electron chi connectivity index (χ3n) is 3.82. The minimum absolute atomic E-state index is 0.0599. The lowest BCUT2D eigenvalue weighted by molar-refractivity contribution is 0.0935. The number of anilines is 1. The Bertz CT molecular complexity index is 731. The first-order valence-corrected chi connectivity index (χ1v) is 8.25. The highest BCUT2D eigenvalue weighted by atomic mass is 32.2. The second-order valence-corrected chi connectivity index (χ2v) is 6.01. The van der Waals surface area contributed by atoms with Crippen LogP contribution in [0, 0.1) is 6.92 Å². The number of methoxy groups -OCH3 is 1. The van der Waals surface area contributed by atoms with Crippen LogP contribution >= 0.6 is 11.8 Å². The number of carbonyl (C=O) groups excluding carboxylic acids is 1. The Morgan fingerprint density at radius 1 is 1.18 bits per heavy atom. The molecule has 1 aliphatic heterocycles. The van der Waals surface area contributed by atoms with Crippen LogP contribution in [-0.4, -0.2) is 19.3 Å². The Labute approximate surface area is 134 Å². The van der Waals surface area contributed by atoms with Gasteiger partial charge in [0, 0.05) is 4.90 Å². The van der Waals surface area contributed by atoms with Crippen LogP contribution < -0.4 is 15.4 Å². The molecule has 3 rings (SSSR count). The minimum Gasteiger partial charge on any atom is -0.496 e. The van der Waals surface area contributed by atoms with Crippen LogP contribution in [0.5, 0.6) is 5.75 Å². The molecule has 114 valence electrons. The molecule has 2 aromatic rings. The number of para-hydroxylation sites is 1. The van der Waals surface area contributed by atoms with Crippen LogP contribution in [0.2, 0.25) is 0 Å². The van der Waals surface area contributed by atoms with E-state index < -0.39 is 0 Å². The second kappa shape index (κ2) is 5.93. The first-order valence-electron chi connectivity index (χ1n) is 7.03. The summed E-state index contributed by atoms with van der Waals surface area (Å²) in [5.74, 6) is 0.756. The Kier molecular flexibility index (Phi) is 3.98. The lowest BCUT2D eigenvalue weighted by Crippen LogP contribution is -2.38. The maximum absolute atomic E-state index is 12.3. The van der Waals surface area contributed by atoms with E-state index in [2.05, 4.69) is 10.6 Å². The highest BCUT2D eigenvalue weighted by Gasteiger charge is 2.26. The third kappa shape index (κ3) is 2.52. The fraction of sp³-hybridized carbons (Fsp3) is 0.235. The molecule has 0 spiro atoms. The molecule has 4 nitrogen and oxygen atoms in total. The number of carbonyl (C=O) groups is 1. The number of thioether (sulfide) groups is 1. The second-order valence-electron chi connectivity index (χ2n) is 5.16.